The van der Waals surface area contributed by atoms with Crippen molar-refractivity contribution in [3.63, 3.8) is 0 Å². The third kappa shape index (κ3) is 10.9. The van der Waals surface area contributed by atoms with Crippen LogP contribution in [0, 0.1) is 5.92 Å². The number of hydrogen-bond donors (Lipinski definition) is 2. The molecule has 0 aromatic heterocycles. The number of piperidine rings is 1. The number of sulfone groups is 1. The van der Waals surface area contributed by atoms with Gasteiger partial charge in [-0.2, -0.15) is 13.2 Å². The highest BCUT2D eigenvalue weighted by Crippen LogP contribution is 2.23. The Balaban J connectivity index is 0.00000480. The van der Waals surface area contributed by atoms with Gasteiger partial charge in [-0.15, -0.1) is 24.0 Å². The molecule has 1 aromatic rings. The highest BCUT2D eigenvalue weighted by Gasteiger charge is 2.32. The maximum absolute atomic E-state index is 12.4. The minimum atomic E-state index is -4.12. The molecule has 2 rings (SSSR count). The fourth-order valence-corrected chi connectivity index (χ4v) is 4.16. The molecule has 0 spiro atoms. The SMILES string of the molecule is CN=C(NCCc1ccc(S(C)(=O)=O)cc1)NCCC1CCN(CC(F)(F)F)CC1.I. The van der Waals surface area contributed by atoms with Crippen LogP contribution >= 0.6 is 24.0 Å². The molecule has 1 aliphatic rings. The number of nitrogens with one attached hydrogen (secondary N) is 2. The number of benzene rings is 1. The van der Waals surface area contributed by atoms with E-state index < -0.39 is 22.6 Å². The zero-order valence-electron chi connectivity index (χ0n) is 17.9. The number of alkyl halides is 3. The lowest BCUT2D eigenvalue weighted by Crippen LogP contribution is -2.42. The summed E-state index contributed by atoms with van der Waals surface area (Å²) in [4.78, 5) is 5.97. The van der Waals surface area contributed by atoms with Crippen LogP contribution < -0.4 is 10.6 Å². The zero-order chi connectivity index (χ0) is 22.2. The first kappa shape index (κ1) is 28.0. The highest BCUT2D eigenvalue weighted by atomic mass is 127. The van der Waals surface area contributed by atoms with Crippen LogP contribution in [0.3, 0.4) is 0 Å². The number of halogens is 4. The van der Waals surface area contributed by atoms with Gasteiger partial charge in [0, 0.05) is 26.4 Å². The number of guanidine groups is 1. The van der Waals surface area contributed by atoms with Crippen LogP contribution in [0.4, 0.5) is 13.2 Å². The maximum Gasteiger partial charge on any atom is 0.401 e. The van der Waals surface area contributed by atoms with E-state index in [1.54, 1.807) is 31.3 Å². The monoisotopic (exact) mass is 576 g/mol. The molecule has 31 heavy (non-hydrogen) atoms. The van der Waals surface area contributed by atoms with E-state index in [1.165, 1.54) is 11.2 Å². The molecule has 0 atom stereocenters. The van der Waals surface area contributed by atoms with Crippen LogP contribution in [0.25, 0.3) is 0 Å². The van der Waals surface area contributed by atoms with Crippen LogP contribution in [0.15, 0.2) is 34.2 Å². The molecule has 0 unspecified atom stereocenters. The first-order valence-corrected chi connectivity index (χ1v) is 12.0. The number of aliphatic imine (C=N–C) groups is 1. The van der Waals surface area contributed by atoms with Gasteiger partial charge in [0.2, 0.25) is 0 Å². The Morgan fingerprint density at radius 2 is 1.71 bits per heavy atom. The molecule has 1 aliphatic heterocycles. The largest absolute Gasteiger partial charge is 0.401 e. The van der Waals surface area contributed by atoms with E-state index >= 15 is 0 Å². The smallest absolute Gasteiger partial charge is 0.356 e. The van der Waals surface area contributed by atoms with Gasteiger partial charge >= 0.3 is 6.18 Å². The second-order valence-corrected chi connectivity index (χ2v) is 9.73. The average Bonchev–Trinajstić information content (AvgIpc) is 2.66. The predicted octanol–water partition coefficient (Wildman–Crippen LogP) is 3.08. The second kappa shape index (κ2) is 12.8. The summed E-state index contributed by atoms with van der Waals surface area (Å²) in [6, 6.07) is 6.83. The quantitative estimate of drug-likeness (QED) is 0.283. The van der Waals surface area contributed by atoms with E-state index in [1.807, 2.05) is 0 Å². The van der Waals surface area contributed by atoms with Gasteiger partial charge in [0.15, 0.2) is 15.8 Å². The first-order valence-electron chi connectivity index (χ1n) is 10.1. The lowest BCUT2D eigenvalue weighted by Gasteiger charge is -2.32. The number of hydrogen-bond acceptors (Lipinski definition) is 4. The molecule has 178 valence electrons. The number of rotatable bonds is 8. The van der Waals surface area contributed by atoms with Crippen molar-refractivity contribution in [1.82, 2.24) is 15.5 Å². The van der Waals surface area contributed by atoms with E-state index in [-0.39, 0.29) is 24.0 Å². The van der Waals surface area contributed by atoms with Crippen molar-refractivity contribution in [2.75, 3.05) is 46.0 Å². The molecule has 1 aromatic carbocycles. The van der Waals surface area contributed by atoms with E-state index in [4.69, 9.17) is 0 Å². The number of likely N-dealkylation sites (tertiary alicyclic amines) is 1. The van der Waals surface area contributed by atoms with E-state index in [0.717, 1.165) is 31.2 Å². The van der Waals surface area contributed by atoms with Crippen molar-refractivity contribution in [2.45, 2.75) is 36.8 Å². The minimum Gasteiger partial charge on any atom is -0.356 e. The molecule has 0 radical (unpaired) electrons. The molecule has 1 heterocycles. The molecule has 1 saturated heterocycles. The van der Waals surface area contributed by atoms with Gasteiger partial charge in [-0.05, 0) is 62.4 Å². The summed E-state index contributed by atoms with van der Waals surface area (Å²) in [6.45, 7) is 1.54. The van der Waals surface area contributed by atoms with Gasteiger partial charge in [0.05, 0.1) is 11.4 Å². The third-order valence-electron chi connectivity index (χ3n) is 5.24. The van der Waals surface area contributed by atoms with Crippen molar-refractivity contribution in [1.29, 1.82) is 0 Å². The Kier molecular flexibility index (Phi) is 11.6. The molecule has 2 N–H and O–H groups in total. The van der Waals surface area contributed by atoms with Gasteiger partial charge in [-0.3, -0.25) is 9.89 Å². The third-order valence-corrected chi connectivity index (χ3v) is 6.36. The van der Waals surface area contributed by atoms with Crippen LogP contribution in [-0.2, 0) is 16.3 Å². The summed E-state index contributed by atoms with van der Waals surface area (Å²) in [5.41, 5.74) is 1.02. The van der Waals surface area contributed by atoms with Crippen molar-refractivity contribution >= 4 is 39.8 Å². The summed E-state index contributed by atoms with van der Waals surface area (Å²) in [7, 11) is -1.50. The molecule has 0 aliphatic carbocycles. The normalized spacial score (nSPS) is 16.6. The van der Waals surface area contributed by atoms with Crippen LogP contribution in [0.5, 0.6) is 0 Å². The Morgan fingerprint density at radius 1 is 1.13 bits per heavy atom. The molecule has 6 nitrogen and oxygen atoms in total. The number of nitrogens with zero attached hydrogens (tertiary/aromatic N) is 2. The molecule has 1 fully saturated rings. The fourth-order valence-electron chi connectivity index (χ4n) is 3.53. The Bertz CT molecular complexity index is 794. The summed E-state index contributed by atoms with van der Waals surface area (Å²) in [5.74, 6) is 1.10. The van der Waals surface area contributed by atoms with E-state index in [0.29, 0.717) is 43.0 Å². The predicted molar refractivity (Wildman–Crippen MR) is 128 cm³/mol. The lowest BCUT2D eigenvalue weighted by atomic mass is 9.93. The minimum absolute atomic E-state index is 0. The van der Waals surface area contributed by atoms with Crippen molar-refractivity contribution in [3.8, 4) is 0 Å². The van der Waals surface area contributed by atoms with Crippen molar-refractivity contribution < 1.29 is 21.6 Å². The molecular weight excluding hydrogens is 544 g/mol. The maximum atomic E-state index is 12.4. The lowest BCUT2D eigenvalue weighted by molar-refractivity contribution is -0.148. The van der Waals surface area contributed by atoms with Crippen LogP contribution in [0.1, 0.15) is 24.8 Å². The second-order valence-electron chi connectivity index (χ2n) is 7.72. The molecule has 0 amide bonds. The summed E-state index contributed by atoms with van der Waals surface area (Å²) in [5, 5.41) is 6.47. The summed E-state index contributed by atoms with van der Waals surface area (Å²) >= 11 is 0. The Hall–Kier alpha value is -1.08. The molecule has 11 heteroatoms. The Morgan fingerprint density at radius 3 is 2.23 bits per heavy atom. The summed E-state index contributed by atoms with van der Waals surface area (Å²) < 4.78 is 60.3. The molecule has 0 saturated carbocycles. The van der Waals surface area contributed by atoms with Gasteiger partial charge in [0.25, 0.3) is 0 Å². The first-order chi connectivity index (χ1) is 14.1. The van der Waals surface area contributed by atoms with Crippen LogP contribution in [-0.4, -0.2) is 71.5 Å². The van der Waals surface area contributed by atoms with Crippen molar-refractivity contribution in [3.05, 3.63) is 29.8 Å². The topological polar surface area (TPSA) is 73.8 Å². The van der Waals surface area contributed by atoms with E-state index in [9.17, 15) is 21.6 Å². The van der Waals surface area contributed by atoms with Gasteiger partial charge in [-0.25, -0.2) is 8.42 Å². The standard InChI is InChI=1S/C20H31F3N4O2S.HI/c1-24-19(25-11-7-16-3-5-18(6-4-16)30(2,28)29)26-12-8-17-9-13-27(14-10-17)15-20(21,22)23;/h3-6,17H,7-15H2,1-2H3,(H2,24,25,26);1H. The zero-order valence-corrected chi connectivity index (χ0v) is 21.1. The fraction of sp³-hybridized carbons (Fsp3) is 0.650. The van der Waals surface area contributed by atoms with Gasteiger partial charge in [-0.1, -0.05) is 12.1 Å². The summed E-state index contributed by atoms with van der Waals surface area (Å²) in [6.07, 6.45) is 0.254. The Labute approximate surface area is 200 Å². The average molecular weight is 576 g/mol. The van der Waals surface area contributed by atoms with Gasteiger partial charge < -0.3 is 10.6 Å². The van der Waals surface area contributed by atoms with Crippen molar-refractivity contribution in [2.24, 2.45) is 10.9 Å². The molecule has 0 bridgehead atoms. The van der Waals surface area contributed by atoms with Crippen LogP contribution in [0.2, 0.25) is 0 Å². The molecular formula is C20H32F3IN4O2S. The van der Waals surface area contributed by atoms with Gasteiger partial charge in [0.1, 0.15) is 0 Å². The highest BCUT2D eigenvalue weighted by molar-refractivity contribution is 14.0. The van der Waals surface area contributed by atoms with E-state index in [2.05, 4.69) is 15.6 Å².